The highest BCUT2D eigenvalue weighted by atomic mass is 16.6. The Morgan fingerprint density at radius 1 is 1.64 bits per heavy atom. The Morgan fingerprint density at radius 2 is 2.45 bits per heavy atom. The molecule has 2 aliphatic rings. The minimum Gasteiger partial charge on any atom is -0.461 e. The van der Waals surface area contributed by atoms with Crippen molar-refractivity contribution in [2.75, 3.05) is 0 Å². The topological polar surface area (TPSA) is 43.4 Å². The van der Waals surface area contributed by atoms with E-state index in [1.54, 1.807) is 0 Å². The monoisotopic (exact) mass is 152 g/mol. The van der Waals surface area contributed by atoms with E-state index in [1.807, 2.05) is 12.2 Å². The van der Waals surface area contributed by atoms with Gasteiger partial charge in [-0.25, -0.2) is 0 Å². The minimum atomic E-state index is -0.543. The average Bonchev–Trinajstić information content (AvgIpc) is 2.46. The number of fused-ring (bicyclic) bond motifs is 1. The van der Waals surface area contributed by atoms with Crippen LogP contribution in [-0.2, 0) is 14.3 Å². The number of aldehydes is 1. The second-order valence-electron chi connectivity index (χ2n) is 2.88. The van der Waals surface area contributed by atoms with E-state index in [0.29, 0.717) is 6.29 Å². The Morgan fingerprint density at radius 3 is 3.18 bits per heavy atom. The van der Waals surface area contributed by atoms with E-state index in [2.05, 4.69) is 0 Å². The van der Waals surface area contributed by atoms with Crippen LogP contribution >= 0.6 is 0 Å². The van der Waals surface area contributed by atoms with Gasteiger partial charge in [0.25, 0.3) is 0 Å². The lowest BCUT2D eigenvalue weighted by Crippen LogP contribution is -2.16. The van der Waals surface area contributed by atoms with Gasteiger partial charge in [0.2, 0.25) is 0 Å². The third kappa shape index (κ3) is 0.803. The molecule has 0 aromatic heterocycles. The molecule has 0 aromatic carbocycles. The van der Waals surface area contributed by atoms with Gasteiger partial charge in [-0.2, -0.15) is 0 Å². The van der Waals surface area contributed by atoms with Gasteiger partial charge in [-0.3, -0.25) is 4.79 Å². The SMILES string of the molecule is O=CC1C(=O)O[C@@H]2CC=C[C@H]12. The summed E-state index contributed by atoms with van der Waals surface area (Å²) in [6.07, 6.45) is 5.24. The van der Waals surface area contributed by atoms with Crippen LogP contribution in [0.25, 0.3) is 0 Å². The van der Waals surface area contributed by atoms with Gasteiger partial charge in [0.15, 0.2) is 0 Å². The first-order chi connectivity index (χ1) is 5.33. The van der Waals surface area contributed by atoms with Crippen LogP contribution in [0, 0.1) is 11.8 Å². The molecule has 1 aliphatic carbocycles. The van der Waals surface area contributed by atoms with Gasteiger partial charge >= 0.3 is 5.97 Å². The van der Waals surface area contributed by atoms with Gasteiger partial charge in [0.05, 0.1) is 0 Å². The molecule has 0 spiro atoms. The predicted octanol–water partition coefficient (Wildman–Crippen LogP) is 0.303. The first-order valence-corrected chi connectivity index (χ1v) is 3.65. The van der Waals surface area contributed by atoms with Crippen molar-refractivity contribution in [1.82, 2.24) is 0 Å². The molecule has 0 bridgehead atoms. The molecule has 3 nitrogen and oxygen atoms in total. The summed E-state index contributed by atoms with van der Waals surface area (Å²) in [5.74, 6) is -0.891. The zero-order valence-electron chi connectivity index (χ0n) is 5.90. The Hall–Kier alpha value is -1.12. The fourth-order valence-electron chi connectivity index (χ4n) is 1.66. The van der Waals surface area contributed by atoms with Crippen molar-refractivity contribution in [3.05, 3.63) is 12.2 Å². The number of rotatable bonds is 1. The highest BCUT2D eigenvalue weighted by Gasteiger charge is 2.44. The molecule has 1 saturated heterocycles. The summed E-state index contributed by atoms with van der Waals surface area (Å²) in [6, 6.07) is 0. The van der Waals surface area contributed by atoms with Crippen molar-refractivity contribution in [3.8, 4) is 0 Å². The highest BCUT2D eigenvalue weighted by molar-refractivity contribution is 5.90. The first kappa shape index (κ1) is 6.58. The van der Waals surface area contributed by atoms with Gasteiger partial charge in [0, 0.05) is 12.3 Å². The fraction of sp³-hybridized carbons (Fsp3) is 0.500. The molecule has 2 rings (SSSR count). The smallest absolute Gasteiger partial charge is 0.317 e. The zero-order valence-corrected chi connectivity index (χ0v) is 5.90. The van der Waals surface area contributed by atoms with E-state index < -0.39 is 5.92 Å². The average molecular weight is 152 g/mol. The second kappa shape index (κ2) is 2.19. The van der Waals surface area contributed by atoms with E-state index in [-0.39, 0.29) is 18.0 Å². The van der Waals surface area contributed by atoms with Crippen LogP contribution in [0.15, 0.2) is 12.2 Å². The van der Waals surface area contributed by atoms with Gasteiger partial charge in [-0.15, -0.1) is 0 Å². The van der Waals surface area contributed by atoms with Crippen molar-refractivity contribution in [1.29, 1.82) is 0 Å². The number of hydrogen-bond donors (Lipinski definition) is 0. The number of esters is 1. The number of hydrogen-bond acceptors (Lipinski definition) is 3. The van der Waals surface area contributed by atoms with Gasteiger partial charge in [-0.1, -0.05) is 12.2 Å². The van der Waals surface area contributed by atoms with E-state index in [1.165, 1.54) is 0 Å². The summed E-state index contributed by atoms with van der Waals surface area (Å²) in [4.78, 5) is 21.4. The lowest BCUT2D eigenvalue weighted by molar-refractivity contribution is -0.145. The van der Waals surface area contributed by atoms with Crippen molar-refractivity contribution in [3.63, 3.8) is 0 Å². The maximum atomic E-state index is 10.9. The van der Waals surface area contributed by atoms with Crippen LogP contribution in [-0.4, -0.2) is 18.4 Å². The van der Waals surface area contributed by atoms with Gasteiger partial charge < -0.3 is 9.53 Å². The molecule has 1 fully saturated rings. The van der Waals surface area contributed by atoms with Gasteiger partial charge in [-0.05, 0) is 0 Å². The van der Waals surface area contributed by atoms with Gasteiger partial charge in [0.1, 0.15) is 18.3 Å². The Labute approximate surface area is 64.0 Å². The van der Waals surface area contributed by atoms with Crippen molar-refractivity contribution in [2.24, 2.45) is 11.8 Å². The van der Waals surface area contributed by atoms with Crippen LogP contribution in [0.2, 0.25) is 0 Å². The van der Waals surface area contributed by atoms with Crippen LogP contribution < -0.4 is 0 Å². The Bertz CT molecular complexity index is 231. The van der Waals surface area contributed by atoms with E-state index >= 15 is 0 Å². The molecule has 0 N–H and O–H groups in total. The summed E-state index contributed by atoms with van der Waals surface area (Å²) in [6.45, 7) is 0. The molecule has 58 valence electrons. The summed E-state index contributed by atoms with van der Waals surface area (Å²) in [5, 5.41) is 0. The molecule has 3 atom stereocenters. The molecular formula is C8H8O3. The zero-order chi connectivity index (χ0) is 7.84. The first-order valence-electron chi connectivity index (χ1n) is 3.65. The number of carbonyl (C=O) groups excluding carboxylic acids is 2. The Kier molecular flexibility index (Phi) is 1.31. The lowest BCUT2D eigenvalue weighted by Gasteiger charge is -2.05. The number of carbonyl (C=O) groups is 2. The molecule has 0 saturated carbocycles. The molecule has 1 aliphatic heterocycles. The third-order valence-electron chi connectivity index (χ3n) is 2.26. The second-order valence-corrected chi connectivity index (χ2v) is 2.88. The molecule has 3 heteroatoms. The summed E-state index contributed by atoms with van der Waals surface area (Å²) in [7, 11) is 0. The van der Waals surface area contributed by atoms with Crippen LogP contribution in [0.5, 0.6) is 0 Å². The largest absolute Gasteiger partial charge is 0.461 e. The lowest BCUT2D eigenvalue weighted by atomic mass is 9.95. The van der Waals surface area contributed by atoms with Crippen molar-refractivity contribution in [2.45, 2.75) is 12.5 Å². The van der Waals surface area contributed by atoms with Crippen molar-refractivity contribution < 1.29 is 14.3 Å². The maximum Gasteiger partial charge on any atom is 0.317 e. The molecule has 0 amide bonds. The highest BCUT2D eigenvalue weighted by Crippen LogP contribution is 2.34. The molecule has 11 heavy (non-hydrogen) atoms. The molecule has 0 radical (unpaired) electrons. The van der Waals surface area contributed by atoms with Crippen LogP contribution in [0.4, 0.5) is 0 Å². The molecule has 1 unspecified atom stereocenters. The maximum absolute atomic E-state index is 10.9. The van der Waals surface area contributed by atoms with E-state index in [9.17, 15) is 9.59 Å². The molecule has 1 heterocycles. The van der Waals surface area contributed by atoms with Crippen LogP contribution in [0.3, 0.4) is 0 Å². The van der Waals surface area contributed by atoms with Crippen molar-refractivity contribution >= 4 is 12.3 Å². The minimum absolute atomic E-state index is 0.0139. The van der Waals surface area contributed by atoms with E-state index in [4.69, 9.17) is 4.74 Å². The quantitative estimate of drug-likeness (QED) is 0.235. The third-order valence-corrected chi connectivity index (χ3v) is 2.26. The Balaban J connectivity index is 2.25. The summed E-state index contributed by atoms with van der Waals surface area (Å²) >= 11 is 0. The summed E-state index contributed by atoms with van der Waals surface area (Å²) in [5.41, 5.74) is 0. The predicted molar refractivity (Wildman–Crippen MR) is 36.7 cm³/mol. The fourth-order valence-corrected chi connectivity index (χ4v) is 1.66. The summed E-state index contributed by atoms with van der Waals surface area (Å²) < 4.78 is 4.96. The number of ether oxygens (including phenoxy) is 1. The molecule has 0 aromatic rings. The van der Waals surface area contributed by atoms with Crippen LogP contribution in [0.1, 0.15) is 6.42 Å². The van der Waals surface area contributed by atoms with E-state index in [0.717, 1.165) is 6.42 Å². The molecular weight excluding hydrogens is 144 g/mol. The normalized spacial score (nSPS) is 40.4. The standard InChI is InChI=1S/C8H8O3/c9-4-6-5-2-1-3-7(5)11-8(6)10/h1-2,4-7H,3H2/t5-,6?,7-/m1/s1.